The van der Waals surface area contributed by atoms with E-state index in [-0.39, 0.29) is 29.8 Å². The van der Waals surface area contributed by atoms with Gasteiger partial charge in [-0.25, -0.2) is 14.4 Å². The highest BCUT2D eigenvalue weighted by atomic mass is 19.1. The van der Waals surface area contributed by atoms with Crippen LogP contribution in [-0.4, -0.2) is 80.1 Å². The smallest absolute Gasteiger partial charge is 0.162 e. The highest BCUT2D eigenvalue weighted by Gasteiger charge is 2.50. The molecule has 1 aliphatic carbocycles. The lowest BCUT2D eigenvalue weighted by Crippen LogP contribution is -2.57. The molecule has 4 aromatic carbocycles. The van der Waals surface area contributed by atoms with E-state index in [0.29, 0.717) is 52.8 Å². The first-order chi connectivity index (χ1) is 26.4. The zero-order valence-electron chi connectivity index (χ0n) is 30.2. The van der Waals surface area contributed by atoms with Gasteiger partial charge in [0, 0.05) is 55.3 Å². The van der Waals surface area contributed by atoms with Crippen LogP contribution in [-0.2, 0) is 13.0 Å². The average molecular weight is 718 g/mol. The molecule has 0 amide bonds. The maximum Gasteiger partial charge on any atom is 0.162 e. The molecule has 3 aromatic heterocycles. The number of rotatable bonds is 9. The molecule has 2 N–H and O–H groups in total. The Labute approximate surface area is 312 Å². The predicted molar refractivity (Wildman–Crippen MR) is 209 cm³/mol. The molecule has 54 heavy (non-hydrogen) atoms. The molecule has 11 heteroatoms. The topological polar surface area (TPSA) is 111 Å². The van der Waals surface area contributed by atoms with Gasteiger partial charge in [-0.15, -0.1) is 0 Å². The third kappa shape index (κ3) is 5.16. The van der Waals surface area contributed by atoms with Gasteiger partial charge >= 0.3 is 0 Å². The summed E-state index contributed by atoms with van der Waals surface area (Å²) in [6.07, 6.45) is 3.63. The largest absolute Gasteiger partial charge is 0.508 e. The number of halogens is 1. The Bertz CT molecular complexity index is 2620. The molecule has 2 bridgehead atoms. The van der Waals surface area contributed by atoms with E-state index >= 15 is 4.39 Å². The quantitative estimate of drug-likeness (QED) is 0.166. The minimum atomic E-state index is -0.458. The van der Waals surface area contributed by atoms with Crippen molar-refractivity contribution in [3.63, 3.8) is 0 Å². The zero-order valence-corrected chi connectivity index (χ0v) is 30.2. The van der Waals surface area contributed by atoms with E-state index in [4.69, 9.17) is 15.1 Å². The van der Waals surface area contributed by atoms with Crippen molar-refractivity contribution in [1.29, 1.82) is 5.26 Å². The SMILES string of the molecule is CN(C)C1CN(c2nc3c(F)c(-c4cc(O)cc5ccccc45)c(CCC#N)cc3c3c2nc(-c2ccn(Cc4ccccc4)n2)n3C2C3CNC2C3)C1. The summed E-state index contributed by atoms with van der Waals surface area (Å²) in [5.41, 5.74) is 5.41. The Morgan fingerprint density at radius 1 is 0.981 bits per heavy atom. The van der Waals surface area contributed by atoms with Crippen molar-refractivity contribution in [1.82, 2.24) is 34.5 Å². The van der Waals surface area contributed by atoms with Crippen LogP contribution in [0.1, 0.15) is 30.0 Å². The van der Waals surface area contributed by atoms with Gasteiger partial charge in [0.05, 0.1) is 24.2 Å². The van der Waals surface area contributed by atoms with Gasteiger partial charge in [-0.05, 0) is 84.6 Å². The molecule has 0 radical (unpaired) electrons. The second-order valence-electron chi connectivity index (χ2n) is 15.3. The second-order valence-corrected chi connectivity index (χ2v) is 15.3. The van der Waals surface area contributed by atoms with E-state index in [1.807, 2.05) is 65.5 Å². The molecule has 10 nitrogen and oxygen atoms in total. The minimum absolute atomic E-state index is 0.0521. The standard InChI is InChI=1S/C43H40FN9O/c1-50(2)29-23-51(24-29)43-39-41(53(40-28-19-35(40)46-21-28)42(48-39)34-14-16-52(49-34)22-25-9-4-3-5-10-25)33-18-27(12-8-15-45)36(37(44)38(33)47-43)32-20-30(54)17-26-11-6-7-13-31(26)32/h3-7,9-11,13-14,16-18,20,28-29,35,40,46,54H,8,12,19,21-24H2,1-2H3. The van der Waals surface area contributed by atoms with Crippen molar-refractivity contribution in [2.45, 2.75) is 43.9 Å². The third-order valence-electron chi connectivity index (χ3n) is 11.9. The molecule has 7 aromatic rings. The minimum Gasteiger partial charge on any atom is -0.508 e. The van der Waals surface area contributed by atoms with Crippen LogP contribution in [0.4, 0.5) is 10.2 Å². The summed E-state index contributed by atoms with van der Waals surface area (Å²) in [6.45, 7) is 3.04. The summed E-state index contributed by atoms with van der Waals surface area (Å²) in [7, 11) is 4.16. The molecule has 11 rings (SSSR count). The van der Waals surface area contributed by atoms with Crippen molar-refractivity contribution in [2.75, 3.05) is 38.6 Å². The van der Waals surface area contributed by atoms with E-state index in [1.54, 1.807) is 12.1 Å². The third-order valence-corrected chi connectivity index (χ3v) is 11.9. The number of aryl methyl sites for hydroxylation is 1. The van der Waals surface area contributed by atoms with Crippen molar-refractivity contribution in [2.24, 2.45) is 5.92 Å². The van der Waals surface area contributed by atoms with Gasteiger partial charge in [0.1, 0.15) is 22.5 Å². The summed E-state index contributed by atoms with van der Waals surface area (Å²) < 4.78 is 22.1. The predicted octanol–water partition coefficient (Wildman–Crippen LogP) is 6.90. The summed E-state index contributed by atoms with van der Waals surface area (Å²) in [5, 5.41) is 31.7. The van der Waals surface area contributed by atoms with Gasteiger partial charge in [-0.2, -0.15) is 10.4 Å². The second kappa shape index (κ2) is 12.6. The number of anilines is 1. The summed E-state index contributed by atoms with van der Waals surface area (Å²) in [4.78, 5) is 15.0. The number of pyridine rings is 1. The van der Waals surface area contributed by atoms with Gasteiger partial charge in [0.25, 0.3) is 0 Å². The van der Waals surface area contributed by atoms with Crippen molar-refractivity contribution < 1.29 is 9.50 Å². The molecule has 1 saturated carbocycles. The van der Waals surface area contributed by atoms with Crippen molar-refractivity contribution in [3.8, 4) is 34.5 Å². The molecular weight excluding hydrogens is 678 g/mol. The van der Waals surface area contributed by atoms with E-state index in [9.17, 15) is 10.4 Å². The number of aromatic nitrogens is 5. The molecule has 4 fully saturated rings. The van der Waals surface area contributed by atoms with Gasteiger partial charge in [-0.1, -0.05) is 54.6 Å². The molecule has 6 heterocycles. The van der Waals surface area contributed by atoms with Crippen LogP contribution in [0.2, 0.25) is 0 Å². The Morgan fingerprint density at radius 3 is 2.56 bits per heavy atom. The van der Waals surface area contributed by atoms with Crippen LogP contribution in [0.3, 0.4) is 0 Å². The van der Waals surface area contributed by atoms with Gasteiger partial charge in [-0.3, -0.25) is 4.68 Å². The maximum atomic E-state index is 17.8. The van der Waals surface area contributed by atoms with Crippen LogP contribution in [0, 0.1) is 23.1 Å². The number of phenols is 1. The summed E-state index contributed by atoms with van der Waals surface area (Å²) >= 11 is 0. The maximum absolute atomic E-state index is 17.8. The van der Waals surface area contributed by atoms with Crippen molar-refractivity contribution in [3.05, 3.63) is 102 Å². The summed E-state index contributed by atoms with van der Waals surface area (Å²) in [5.74, 6) is 1.42. The average Bonchev–Trinajstić information content (AvgIpc) is 3.96. The lowest BCUT2D eigenvalue weighted by Gasteiger charge is -2.43. The monoisotopic (exact) mass is 717 g/mol. The number of imidazole rings is 1. The molecule has 3 atom stereocenters. The summed E-state index contributed by atoms with van der Waals surface area (Å²) in [6, 6.07) is 28.4. The number of aromatic hydroxyl groups is 1. The number of hydrogen-bond acceptors (Lipinski definition) is 8. The number of nitrogens with one attached hydrogen (secondary N) is 1. The van der Waals surface area contributed by atoms with Crippen LogP contribution in [0.25, 0.3) is 55.4 Å². The van der Waals surface area contributed by atoms with E-state index in [1.165, 1.54) is 0 Å². The van der Waals surface area contributed by atoms with Crippen LogP contribution in [0.15, 0.2) is 85.1 Å². The molecule has 270 valence electrons. The van der Waals surface area contributed by atoms with Crippen LogP contribution >= 0.6 is 0 Å². The number of benzene rings is 4. The fourth-order valence-electron chi connectivity index (χ4n) is 8.99. The Morgan fingerprint density at radius 2 is 1.80 bits per heavy atom. The Hall–Kier alpha value is -5.83. The molecule has 3 saturated heterocycles. The first kappa shape index (κ1) is 32.8. The number of nitriles is 1. The highest BCUT2D eigenvalue weighted by Crippen LogP contribution is 2.50. The van der Waals surface area contributed by atoms with E-state index < -0.39 is 5.82 Å². The molecular formula is C43H40FN9O. The van der Waals surface area contributed by atoms with E-state index in [0.717, 1.165) is 64.9 Å². The molecule has 4 aliphatic rings. The number of nitrogens with zero attached hydrogens (tertiary/aromatic N) is 8. The molecule has 0 spiro atoms. The lowest BCUT2D eigenvalue weighted by atomic mass is 9.79. The van der Waals surface area contributed by atoms with Gasteiger partial charge in [0.15, 0.2) is 17.5 Å². The first-order valence-corrected chi connectivity index (χ1v) is 18.7. The number of phenolic OH excluding ortho intramolecular Hbond substituents is 1. The highest BCUT2D eigenvalue weighted by molar-refractivity contribution is 6.11. The Kier molecular flexibility index (Phi) is 7.68. The van der Waals surface area contributed by atoms with Crippen molar-refractivity contribution >= 4 is 38.5 Å². The lowest BCUT2D eigenvalue weighted by molar-refractivity contribution is 0.227. The number of likely N-dealkylation sites (N-methyl/N-ethyl adjacent to an activating group) is 1. The molecule has 3 aliphatic heterocycles. The Balaban J connectivity index is 1.26. The normalized spacial score (nSPS) is 19.5. The van der Waals surface area contributed by atoms with Crippen LogP contribution < -0.4 is 10.2 Å². The zero-order chi connectivity index (χ0) is 36.7. The fraction of sp³-hybridized carbons (Fsp3) is 0.302. The first-order valence-electron chi connectivity index (χ1n) is 18.7. The van der Waals surface area contributed by atoms with Gasteiger partial charge < -0.3 is 24.8 Å². The van der Waals surface area contributed by atoms with E-state index in [2.05, 4.69) is 52.0 Å². The number of hydrogen-bond donors (Lipinski definition) is 2. The van der Waals surface area contributed by atoms with Crippen LogP contribution in [0.5, 0.6) is 5.75 Å². The molecule has 3 unspecified atom stereocenters. The number of fused-ring (bicyclic) bond motifs is 5. The fourth-order valence-corrected chi connectivity index (χ4v) is 8.99. The van der Waals surface area contributed by atoms with Gasteiger partial charge in [0.2, 0.25) is 0 Å².